The quantitative estimate of drug-likeness (QED) is 0.724. The largest absolute Gasteiger partial charge is 0.497 e. The van der Waals surface area contributed by atoms with E-state index in [-0.39, 0.29) is 17.9 Å². The summed E-state index contributed by atoms with van der Waals surface area (Å²) >= 11 is 0. The van der Waals surface area contributed by atoms with Crippen LogP contribution in [0.5, 0.6) is 11.5 Å². The number of imide groups is 1. The molecule has 2 amide bonds. The van der Waals surface area contributed by atoms with Gasteiger partial charge < -0.3 is 9.47 Å². The molecule has 2 aliphatic rings. The van der Waals surface area contributed by atoms with Crippen molar-refractivity contribution < 1.29 is 23.9 Å². The first kappa shape index (κ1) is 19.3. The molecule has 2 fully saturated rings. The monoisotopic (exact) mass is 396 g/mol. The minimum atomic E-state index is -0.859. The molecule has 2 aromatic rings. The lowest BCUT2D eigenvalue weighted by molar-refractivity contribution is -0.145. The molecule has 0 unspecified atom stereocenters. The molecule has 0 aromatic heterocycles. The second kappa shape index (κ2) is 7.40. The van der Waals surface area contributed by atoms with Gasteiger partial charge in [-0.1, -0.05) is 18.2 Å². The van der Waals surface area contributed by atoms with Crippen LogP contribution in [0, 0.1) is 5.92 Å². The maximum atomic E-state index is 13.3. The smallest absolute Gasteiger partial charge is 0.262 e. The van der Waals surface area contributed by atoms with E-state index in [1.54, 1.807) is 25.3 Å². The standard InChI is InChI=1S/C22H24N2O5/c1-13(2)23-21(25)18-19(16-11-10-15(27-3)12-17(16)28-4)24(29-20(18)22(23)26)14-8-6-5-7-9-14/h5-13,18-20H,1-4H3/t18-,19+,20-/m1/s1. The zero-order chi connectivity index (χ0) is 20.7. The van der Waals surface area contributed by atoms with Crippen LogP contribution in [0.3, 0.4) is 0 Å². The third-order valence-electron chi connectivity index (χ3n) is 5.44. The molecule has 2 aliphatic heterocycles. The first-order chi connectivity index (χ1) is 14.0. The van der Waals surface area contributed by atoms with E-state index in [2.05, 4.69) is 0 Å². The summed E-state index contributed by atoms with van der Waals surface area (Å²) in [6, 6.07) is 14.2. The highest BCUT2D eigenvalue weighted by molar-refractivity contribution is 6.08. The number of benzene rings is 2. The van der Waals surface area contributed by atoms with Crippen molar-refractivity contribution in [2.24, 2.45) is 5.92 Å². The van der Waals surface area contributed by atoms with E-state index >= 15 is 0 Å². The van der Waals surface area contributed by atoms with Crippen LogP contribution in [0.1, 0.15) is 25.5 Å². The van der Waals surface area contributed by atoms with Crippen LogP contribution in [0.25, 0.3) is 0 Å². The highest BCUT2D eigenvalue weighted by Gasteiger charge is 2.60. The number of anilines is 1. The van der Waals surface area contributed by atoms with E-state index in [1.807, 2.05) is 56.3 Å². The Morgan fingerprint density at radius 2 is 1.69 bits per heavy atom. The number of carbonyl (C=O) groups excluding carboxylic acids is 2. The average molecular weight is 396 g/mol. The number of nitrogens with zero attached hydrogens (tertiary/aromatic N) is 2. The predicted octanol–water partition coefficient (Wildman–Crippen LogP) is 2.96. The first-order valence-electron chi connectivity index (χ1n) is 9.57. The highest BCUT2D eigenvalue weighted by atomic mass is 16.7. The van der Waals surface area contributed by atoms with Gasteiger partial charge in [-0.25, -0.2) is 5.06 Å². The number of methoxy groups -OCH3 is 2. The molecule has 0 spiro atoms. The number of likely N-dealkylation sites (tertiary alicyclic amines) is 1. The number of hydrogen-bond acceptors (Lipinski definition) is 6. The lowest BCUT2D eigenvalue weighted by atomic mass is 9.90. The van der Waals surface area contributed by atoms with Crippen molar-refractivity contribution in [3.63, 3.8) is 0 Å². The van der Waals surface area contributed by atoms with Gasteiger partial charge in [0.05, 0.1) is 25.9 Å². The maximum absolute atomic E-state index is 13.3. The number of hydrogen-bond donors (Lipinski definition) is 0. The van der Waals surface area contributed by atoms with E-state index in [9.17, 15) is 9.59 Å². The van der Waals surface area contributed by atoms with Gasteiger partial charge in [0.2, 0.25) is 5.91 Å². The summed E-state index contributed by atoms with van der Waals surface area (Å²) in [4.78, 5) is 33.6. The zero-order valence-corrected chi connectivity index (χ0v) is 16.9. The van der Waals surface area contributed by atoms with Gasteiger partial charge in [-0.05, 0) is 38.1 Å². The van der Waals surface area contributed by atoms with Crippen molar-refractivity contribution in [3.05, 3.63) is 54.1 Å². The second-order valence-corrected chi connectivity index (χ2v) is 7.41. The SMILES string of the molecule is COc1ccc([C@H]2[C@H]3C(=O)N(C(C)C)C(=O)[C@@H]3ON2c2ccccc2)c(OC)c1. The lowest BCUT2D eigenvalue weighted by Crippen LogP contribution is -2.41. The van der Waals surface area contributed by atoms with Crippen LogP contribution >= 0.6 is 0 Å². The van der Waals surface area contributed by atoms with Gasteiger partial charge in [-0.2, -0.15) is 0 Å². The Labute approximate surface area is 169 Å². The molecule has 0 aliphatic carbocycles. The molecule has 29 heavy (non-hydrogen) atoms. The van der Waals surface area contributed by atoms with E-state index in [4.69, 9.17) is 14.3 Å². The van der Waals surface area contributed by atoms with Gasteiger partial charge >= 0.3 is 0 Å². The van der Waals surface area contributed by atoms with Crippen LogP contribution in [0.15, 0.2) is 48.5 Å². The molecule has 7 nitrogen and oxygen atoms in total. The molecule has 0 saturated carbocycles. The van der Waals surface area contributed by atoms with Crippen molar-refractivity contribution in [3.8, 4) is 11.5 Å². The summed E-state index contributed by atoms with van der Waals surface area (Å²) in [5, 5.41) is 1.66. The third-order valence-corrected chi connectivity index (χ3v) is 5.44. The van der Waals surface area contributed by atoms with Gasteiger partial charge in [-0.15, -0.1) is 0 Å². The van der Waals surface area contributed by atoms with Crippen molar-refractivity contribution in [1.29, 1.82) is 0 Å². The summed E-state index contributed by atoms with van der Waals surface area (Å²) in [5.41, 5.74) is 1.53. The maximum Gasteiger partial charge on any atom is 0.262 e. The van der Waals surface area contributed by atoms with Crippen LogP contribution in [0.2, 0.25) is 0 Å². The van der Waals surface area contributed by atoms with Crippen molar-refractivity contribution in [1.82, 2.24) is 4.90 Å². The Bertz CT molecular complexity index is 930. The molecular weight excluding hydrogens is 372 g/mol. The summed E-state index contributed by atoms with van der Waals surface area (Å²) in [6.45, 7) is 3.66. The summed E-state index contributed by atoms with van der Waals surface area (Å²) in [5.74, 6) is 0.0300. The summed E-state index contributed by atoms with van der Waals surface area (Å²) in [6.07, 6.45) is -0.859. The Balaban J connectivity index is 1.84. The predicted molar refractivity (Wildman–Crippen MR) is 107 cm³/mol. The van der Waals surface area contributed by atoms with E-state index in [0.29, 0.717) is 11.5 Å². The molecule has 2 heterocycles. The van der Waals surface area contributed by atoms with E-state index in [0.717, 1.165) is 11.3 Å². The minimum Gasteiger partial charge on any atom is -0.497 e. The number of hydroxylamine groups is 1. The number of carbonyl (C=O) groups is 2. The number of amides is 2. The molecule has 0 bridgehead atoms. The van der Waals surface area contributed by atoms with Gasteiger partial charge in [0.25, 0.3) is 5.91 Å². The first-order valence-corrected chi connectivity index (χ1v) is 9.57. The highest BCUT2D eigenvalue weighted by Crippen LogP contribution is 2.49. The Morgan fingerprint density at radius 3 is 2.31 bits per heavy atom. The third kappa shape index (κ3) is 3.02. The van der Waals surface area contributed by atoms with E-state index in [1.165, 1.54) is 4.90 Å². The number of fused-ring (bicyclic) bond motifs is 1. The van der Waals surface area contributed by atoms with Crippen LogP contribution in [-0.2, 0) is 14.4 Å². The molecular formula is C22H24N2O5. The molecule has 152 valence electrons. The number of rotatable bonds is 5. The van der Waals surface area contributed by atoms with Crippen LogP contribution in [0.4, 0.5) is 5.69 Å². The fraction of sp³-hybridized carbons (Fsp3) is 0.364. The normalized spacial score (nSPS) is 23.7. The van der Waals surface area contributed by atoms with Gasteiger partial charge in [-0.3, -0.25) is 19.3 Å². The molecule has 7 heteroatoms. The van der Waals surface area contributed by atoms with E-state index < -0.39 is 18.1 Å². The fourth-order valence-electron chi connectivity index (χ4n) is 4.12. The minimum absolute atomic E-state index is 0.226. The van der Waals surface area contributed by atoms with Crippen molar-refractivity contribution >= 4 is 17.5 Å². The number of para-hydroxylation sites is 1. The van der Waals surface area contributed by atoms with Crippen molar-refractivity contribution in [2.45, 2.75) is 32.0 Å². The molecule has 2 aromatic carbocycles. The van der Waals surface area contributed by atoms with Gasteiger partial charge in [0, 0.05) is 17.7 Å². The second-order valence-electron chi connectivity index (χ2n) is 7.41. The fourth-order valence-corrected chi connectivity index (χ4v) is 4.12. The molecule has 0 radical (unpaired) electrons. The Kier molecular flexibility index (Phi) is 4.92. The Morgan fingerprint density at radius 1 is 0.966 bits per heavy atom. The molecule has 2 saturated heterocycles. The lowest BCUT2D eigenvalue weighted by Gasteiger charge is -2.30. The van der Waals surface area contributed by atoms with Gasteiger partial charge in [0.1, 0.15) is 17.4 Å². The molecule has 3 atom stereocenters. The van der Waals surface area contributed by atoms with Crippen LogP contribution < -0.4 is 14.5 Å². The van der Waals surface area contributed by atoms with Gasteiger partial charge in [0.15, 0.2) is 6.10 Å². The van der Waals surface area contributed by atoms with Crippen molar-refractivity contribution in [2.75, 3.05) is 19.3 Å². The topological polar surface area (TPSA) is 68.3 Å². The zero-order valence-electron chi connectivity index (χ0n) is 16.9. The number of ether oxygens (including phenoxy) is 2. The molecule has 4 rings (SSSR count). The van der Waals surface area contributed by atoms with Crippen LogP contribution in [-0.4, -0.2) is 43.1 Å². The summed E-state index contributed by atoms with van der Waals surface area (Å²) in [7, 11) is 3.15. The Hall–Kier alpha value is -3.06. The average Bonchev–Trinajstić information content (AvgIpc) is 3.24. The molecule has 0 N–H and O–H groups in total. The summed E-state index contributed by atoms with van der Waals surface area (Å²) < 4.78 is 10.9.